The fraction of sp³-hybridized carbons (Fsp3) is 0.467. The van der Waals surface area contributed by atoms with Crippen LogP contribution in [0.25, 0.3) is 0 Å². The first-order valence-electron chi connectivity index (χ1n) is 6.85. The number of carbonyl (C=O) groups excluding carboxylic acids is 1. The van der Waals surface area contributed by atoms with Crippen molar-refractivity contribution in [3.8, 4) is 0 Å². The molecule has 1 aromatic carbocycles. The fourth-order valence-corrected chi connectivity index (χ4v) is 2.56. The second-order valence-electron chi connectivity index (χ2n) is 5.23. The van der Waals surface area contributed by atoms with Crippen LogP contribution < -0.4 is 5.32 Å². The first-order chi connectivity index (χ1) is 9.56. The number of hydrogen-bond acceptors (Lipinski definition) is 3. The van der Waals surface area contributed by atoms with Gasteiger partial charge in [0, 0.05) is 6.54 Å². The SMILES string of the molecule is Cc1cccc(CNC(=O)CN2CCCC2C(=O)O)c1. The number of aryl methyl sites for hydroxylation is 1. The molecule has 0 spiro atoms. The zero-order valence-corrected chi connectivity index (χ0v) is 11.6. The van der Waals surface area contributed by atoms with Crippen LogP contribution in [-0.2, 0) is 16.1 Å². The number of carboxylic acid groups (broad SMARTS) is 1. The lowest BCUT2D eigenvalue weighted by molar-refractivity contribution is -0.142. The first-order valence-corrected chi connectivity index (χ1v) is 6.85. The maximum absolute atomic E-state index is 11.9. The number of nitrogens with one attached hydrogen (secondary N) is 1. The summed E-state index contributed by atoms with van der Waals surface area (Å²) >= 11 is 0. The minimum Gasteiger partial charge on any atom is -0.480 e. The van der Waals surface area contributed by atoms with Gasteiger partial charge < -0.3 is 10.4 Å². The Morgan fingerprint density at radius 1 is 1.45 bits per heavy atom. The fourth-order valence-electron chi connectivity index (χ4n) is 2.56. The van der Waals surface area contributed by atoms with Crippen molar-refractivity contribution in [1.29, 1.82) is 0 Å². The summed E-state index contributed by atoms with van der Waals surface area (Å²) in [5.74, 6) is -0.964. The molecule has 0 saturated carbocycles. The van der Waals surface area contributed by atoms with Crippen molar-refractivity contribution in [2.45, 2.75) is 32.4 Å². The second-order valence-corrected chi connectivity index (χ2v) is 5.23. The molecular weight excluding hydrogens is 256 g/mol. The molecule has 1 unspecified atom stereocenters. The highest BCUT2D eigenvalue weighted by Crippen LogP contribution is 2.16. The topological polar surface area (TPSA) is 69.6 Å². The van der Waals surface area contributed by atoms with Gasteiger partial charge in [0.2, 0.25) is 5.91 Å². The van der Waals surface area contributed by atoms with Gasteiger partial charge in [-0.3, -0.25) is 14.5 Å². The minimum atomic E-state index is -0.839. The molecule has 0 aliphatic carbocycles. The number of likely N-dealkylation sites (tertiary alicyclic amines) is 1. The average molecular weight is 276 g/mol. The summed E-state index contributed by atoms with van der Waals surface area (Å²) in [4.78, 5) is 24.6. The molecule has 1 heterocycles. The predicted octanol–water partition coefficient (Wildman–Crippen LogP) is 1.16. The molecule has 0 aromatic heterocycles. The van der Waals surface area contributed by atoms with Crippen LogP contribution in [0.3, 0.4) is 0 Å². The van der Waals surface area contributed by atoms with Crippen LogP contribution in [0.4, 0.5) is 0 Å². The summed E-state index contributed by atoms with van der Waals surface area (Å²) in [6, 6.07) is 7.43. The Labute approximate surface area is 118 Å². The van der Waals surface area contributed by atoms with Gasteiger partial charge in [-0.1, -0.05) is 29.8 Å². The van der Waals surface area contributed by atoms with Crippen molar-refractivity contribution < 1.29 is 14.7 Å². The van der Waals surface area contributed by atoms with Crippen LogP contribution in [-0.4, -0.2) is 41.0 Å². The van der Waals surface area contributed by atoms with Crippen molar-refractivity contribution in [3.63, 3.8) is 0 Å². The summed E-state index contributed by atoms with van der Waals surface area (Å²) in [5, 5.41) is 11.9. The summed E-state index contributed by atoms with van der Waals surface area (Å²) < 4.78 is 0. The van der Waals surface area contributed by atoms with Crippen LogP contribution >= 0.6 is 0 Å². The average Bonchev–Trinajstić information content (AvgIpc) is 2.85. The van der Waals surface area contributed by atoms with E-state index >= 15 is 0 Å². The molecule has 20 heavy (non-hydrogen) atoms. The van der Waals surface area contributed by atoms with Crippen molar-refractivity contribution in [2.24, 2.45) is 0 Å². The van der Waals surface area contributed by atoms with E-state index in [0.29, 0.717) is 19.5 Å². The van der Waals surface area contributed by atoms with Crippen LogP contribution in [0.1, 0.15) is 24.0 Å². The largest absolute Gasteiger partial charge is 0.480 e. The van der Waals surface area contributed by atoms with E-state index in [4.69, 9.17) is 5.11 Å². The molecule has 1 aliphatic heterocycles. The number of benzene rings is 1. The predicted molar refractivity (Wildman–Crippen MR) is 75.3 cm³/mol. The molecule has 1 aliphatic rings. The minimum absolute atomic E-state index is 0.125. The highest BCUT2D eigenvalue weighted by atomic mass is 16.4. The first kappa shape index (κ1) is 14.5. The molecule has 2 rings (SSSR count). The molecule has 0 bridgehead atoms. The molecular formula is C15H20N2O3. The third kappa shape index (κ3) is 3.81. The number of hydrogen-bond donors (Lipinski definition) is 2. The maximum atomic E-state index is 11.9. The van der Waals surface area contributed by atoms with Crippen LogP contribution in [0.5, 0.6) is 0 Å². The van der Waals surface area contributed by atoms with Gasteiger partial charge in [0.1, 0.15) is 6.04 Å². The Bertz CT molecular complexity index is 502. The van der Waals surface area contributed by atoms with Crippen molar-refractivity contribution >= 4 is 11.9 Å². The molecule has 2 N–H and O–H groups in total. The molecule has 5 heteroatoms. The molecule has 1 fully saturated rings. The summed E-state index contributed by atoms with van der Waals surface area (Å²) in [6.07, 6.45) is 1.46. The summed E-state index contributed by atoms with van der Waals surface area (Å²) in [7, 11) is 0. The van der Waals surface area contributed by atoms with Crippen molar-refractivity contribution in [1.82, 2.24) is 10.2 Å². The van der Waals surface area contributed by atoms with E-state index < -0.39 is 12.0 Å². The van der Waals surface area contributed by atoms with Gasteiger partial charge in [-0.2, -0.15) is 0 Å². The van der Waals surface area contributed by atoms with E-state index in [9.17, 15) is 9.59 Å². The quantitative estimate of drug-likeness (QED) is 0.846. The smallest absolute Gasteiger partial charge is 0.320 e. The van der Waals surface area contributed by atoms with Gasteiger partial charge in [0.25, 0.3) is 0 Å². The monoisotopic (exact) mass is 276 g/mol. The van der Waals surface area contributed by atoms with Gasteiger partial charge in [-0.25, -0.2) is 0 Å². The Hall–Kier alpha value is -1.88. The van der Waals surface area contributed by atoms with Crippen LogP contribution in [0, 0.1) is 6.92 Å². The lowest BCUT2D eigenvalue weighted by Gasteiger charge is -2.20. The standard InChI is InChI=1S/C15H20N2O3/c1-11-4-2-5-12(8-11)9-16-14(18)10-17-7-3-6-13(17)15(19)20/h2,4-5,8,13H,3,6-7,9-10H2,1H3,(H,16,18)(H,19,20). The van der Waals surface area contributed by atoms with E-state index in [0.717, 1.165) is 17.5 Å². The van der Waals surface area contributed by atoms with Gasteiger partial charge >= 0.3 is 5.97 Å². The Kier molecular flexibility index (Phi) is 4.74. The molecule has 5 nitrogen and oxygen atoms in total. The number of nitrogens with zero attached hydrogens (tertiary/aromatic N) is 1. The number of aliphatic carboxylic acids is 1. The Morgan fingerprint density at radius 2 is 2.25 bits per heavy atom. The molecule has 1 amide bonds. The van der Waals surface area contributed by atoms with Gasteiger partial charge in [-0.15, -0.1) is 0 Å². The van der Waals surface area contributed by atoms with E-state index in [1.54, 1.807) is 4.90 Å². The number of rotatable bonds is 5. The van der Waals surface area contributed by atoms with E-state index in [2.05, 4.69) is 5.32 Å². The van der Waals surface area contributed by atoms with Gasteiger partial charge in [0.05, 0.1) is 6.54 Å². The van der Waals surface area contributed by atoms with E-state index in [-0.39, 0.29) is 12.5 Å². The highest BCUT2D eigenvalue weighted by molar-refractivity contribution is 5.80. The van der Waals surface area contributed by atoms with Crippen molar-refractivity contribution in [3.05, 3.63) is 35.4 Å². The van der Waals surface area contributed by atoms with Crippen LogP contribution in [0.15, 0.2) is 24.3 Å². The molecule has 0 radical (unpaired) electrons. The molecule has 1 aromatic rings. The summed E-state index contributed by atoms with van der Waals surface area (Å²) in [5.41, 5.74) is 2.21. The number of amides is 1. The van der Waals surface area contributed by atoms with Gasteiger partial charge in [-0.05, 0) is 31.9 Å². The van der Waals surface area contributed by atoms with Crippen molar-refractivity contribution in [2.75, 3.05) is 13.1 Å². The lowest BCUT2D eigenvalue weighted by atomic mass is 10.1. The zero-order chi connectivity index (χ0) is 14.5. The third-order valence-electron chi connectivity index (χ3n) is 3.57. The molecule has 108 valence electrons. The number of carbonyl (C=O) groups is 2. The normalized spacial score (nSPS) is 18.9. The molecule has 1 atom stereocenters. The maximum Gasteiger partial charge on any atom is 0.320 e. The van der Waals surface area contributed by atoms with Gasteiger partial charge in [0.15, 0.2) is 0 Å². The zero-order valence-electron chi connectivity index (χ0n) is 11.6. The van der Waals surface area contributed by atoms with E-state index in [1.807, 2.05) is 31.2 Å². The Morgan fingerprint density at radius 3 is 2.95 bits per heavy atom. The lowest BCUT2D eigenvalue weighted by Crippen LogP contribution is -2.42. The molecule has 1 saturated heterocycles. The second kappa shape index (κ2) is 6.52. The Balaban J connectivity index is 1.82. The van der Waals surface area contributed by atoms with E-state index in [1.165, 1.54) is 0 Å². The highest BCUT2D eigenvalue weighted by Gasteiger charge is 2.31. The summed E-state index contributed by atoms with van der Waals surface area (Å²) in [6.45, 7) is 3.32. The third-order valence-corrected chi connectivity index (χ3v) is 3.57. The van der Waals surface area contributed by atoms with Crippen LogP contribution in [0.2, 0.25) is 0 Å². The number of carboxylic acids is 1.